The average Bonchev–Trinajstić information content (AvgIpc) is 2.22. The van der Waals surface area contributed by atoms with Gasteiger partial charge in [0, 0.05) is 18.0 Å². The van der Waals surface area contributed by atoms with E-state index in [2.05, 4.69) is 10.3 Å². The van der Waals surface area contributed by atoms with Crippen LogP contribution in [0.4, 0.5) is 20.2 Å². The molecule has 0 atom stereocenters. The van der Waals surface area contributed by atoms with E-state index in [1.165, 1.54) is 18.3 Å². The molecule has 0 unspecified atom stereocenters. The van der Waals surface area contributed by atoms with Crippen molar-refractivity contribution >= 4 is 11.4 Å². The minimum Gasteiger partial charge on any atom is -0.353 e. The minimum absolute atomic E-state index is 0.316. The molecule has 2 rings (SSSR count). The Bertz CT molecular complexity index is 512. The molecule has 2 nitrogen and oxygen atoms in total. The summed E-state index contributed by atoms with van der Waals surface area (Å²) < 4.78 is 26.3. The molecule has 0 saturated carbocycles. The maximum atomic E-state index is 13.5. The third kappa shape index (κ3) is 2.34. The molecule has 0 radical (unpaired) electrons. The van der Waals surface area contributed by atoms with Crippen LogP contribution in [-0.4, -0.2) is 4.98 Å². The van der Waals surface area contributed by atoms with Gasteiger partial charge in [0.2, 0.25) is 5.95 Å². The monoisotopic (exact) mass is 220 g/mol. The molecule has 4 heteroatoms. The summed E-state index contributed by atoms with van der Waals surface area (Å²) in [5.41, 5.74) is 1.62. The highest BCUT2D eigenvalue weighted by Crippen LogP contribution is 2.20. The number of halogens is 2. The van der Waals surface area contributed by atoms with Gasteiger partial charge >= 0.3 is 0 Å². The van der Waals surface area contributed by atoms with E-state index < -0.39 is 5.95 Å². The third-order valence-electron chi connectivity index (χ3n) is 2.13. The van der Waals surface area contributed by atoms with E-state index in [0.29, 0.717) is 11.4 Å². The van der Waals surface area contributed by atoms with Gasteiger partial charge in [-0.05, 0) is 30.7 Å². The Hall–Kier alpha value is -1.97. The summed E-state index contributed by atoms with van der Waals surface area (Å²) in [6, 6.07) is 7.59. The quantitative estimate of drug-likeness (QED) is 0.784. The number of aryl methyl sites for hydroxylation is 1. The summed E-state index contributed by atoms with van der Waals surface area (Å²) in [4.78, 5) is 3.42. The van der Waals surface area contributed by atoms with Crippen molar-refractivity contribution < 1.29 is 8.78 Å². The Morgan fingerprint density at radius 3 is 2.62 bits per heavy atom. The van der Waals surface area contributed by atoms with Gasteiger partial charge in [-0.2, -0.15) is 4.39 Å². The fraction of sp³-hybridized carbons (Fsp3) is 0.0833. The summed E-state index contributed by atoms with van der Waals surface area (Å²) >= 11 is 0. The van der Waals surface area contributed by atoms with Crippen LogP contribution in [0.5, 0.6) is 0 Å². The first-order chi connectivity index (χ1) is 7.65. The highest BCUT2D eigenvalue weighted by molar-refractivity contribution is 5.59. The first-order valence-electron chi connectivity index (χ1n) is 4.80. The van der Waals surface area contributed by atoms with Gasteiger partial charge in [-0.25, -0.2) is 9.37 Å². The van der Waals surface area contributed by atoms with Crippen LogP contribution in [0.2, 0.25) is 0 Å². The lowest BCUT2D eigenvalue weighted by molar-refractivity contribution is 0.584. The predicted octanol–water partition coefficient (Wildman–Crippen LogP) is 3.41. The highest BCUT2D eigenvalue weighted by atomic mass is 19.1. The molecule has 0 amide bonds. The van der Waals surface area contributed by atoms with Gasteiger partial charge in [-0.3, -0.25) is 0 Å². The highest BCUT2D eigenvalue weighted by Gasteiger charge is 2.03. The number of anilines is 2. The topological polar surface area (TPSA) is 24.9 Å². The predicted molar refractivity (Wildman–Crippen MR) is 58.6 cm³/mol. The van der Waals surface area contributed by atoms with Crippen molar-refractivity contribution in [3.05, 3.63) is 53.9 Å². The number of benzene rings is 1. The second-order valence-corrected chi connectivity index (χ2v) is 3.48. The summed E-state index contributed by atoms with van der Waals surface area (Å²) in [6.45, 7) is 1.80. The zero-order valence-electron chi connectivity index (χ0n) is 8.67. The van der Waals surface area contributed by atoms with E-state index in [1.54, 1.807) is 25.1 Å². The molecule has 0 fully saturated rings. The van der Waals surface area contributed by atoms with Gasteiger partial charge < -0.3 is 5.32 Å². The molecule has 0 saturated heterocycles. The van der Waals surface area contributed by atoms with Crippen LogP contribution in [0.15, 0.2) is 36.5 Å². The molecule has 0 spiro atoms. The van der Waals surface area contributed by atoms with Crippen LogP contribution in [0.1, 0.15) is 5.56 Å². The zero-order chi connectivity index (χ0) is 11.5. The summed E-state index contributed by atoms with van der Waals surface area (Å²) in [6.07, 6.45) is 1.32. The Balaban J connectivity index is 2.27. The molecule has 1 aromatic heterocycles. The number of nitrogens with one attached hydrogen (secondary N) is 1. The Morgan fingerprint density at radius 2 is 1.94 bits per heavy atom. The van der Waals surface area contributed by atoms with Crippen molar-refractivity contribution in [3.8, 4) is 0 Å². The van der Waals surface area contributed by atoms with Crippen molar-refractivity contribution in [3.63, 3.8) is 0 Å². The largest absolute Gasteiger partial charge is 0.353 e. The first kappa shape index (κ1) is 10.5. The minimum atomic E-state index is -0.600. The van der Waals surface area contributed by atoms with E-state index in [0.717, 1.165) is 5.56 Å². The van der Waals surface area contributed by atoms with E-state index in [9.17, 15) is 8.78 Å². The number of hydrogen-bond donors (Lipinski definition) is 1. The molecule has 0 bridgehead atoms. The SMILES string of the molecule is Cc1ccc(Nc2ccnc(F)c2)c(F)c1. The normalized spacial score (nSPS) is 10.2. The van der Waals surface area contributed by atoms with E-state index in [4.69, 9.17) is 0 Å². The van der Waals surface area contributed by atoms with Gasteiger partial charge in [-0.15, -0.1) is 0 Å². The standard InChI is InChI=1S/C12H10F2N2/c1-8-2-3-11(10(13)6-8)16-9-4-5-15-12(14)7-9/h2-7H,1H3,(H,15,16). The molecule has 1 aromatic carbocycles. The molecular formula is C12H10F2N2. The molecular weight excluding hydrogens is 210 g/mol. The number of rotatable bonds is 2. The smallest absolute Gasteiger partial charge is 0.214 e. The Kier molecular flexibility index (Phi) is 2.81. The van der Waals surface area contributed by atoms with Gasteiger partial charge in [0.25, 0.3) is 0 Å². The molecule has 2 aromatic rings. The maximum absolute atomic E-state index is 13.5. The molecule has 16 heavy (non-hydrogen) atoms. The van der Waals surface area contributed by atoms with E-state index in [-0.39, 0.29) is 5.82 Å². The van der Waals surface area contributed by atoms with Crippen LogP contribution >= 0.6 is 0 Å². The summed E-state index contributed by atoms with van der Waals surface area (Å²) in [5, 5.41) is 2.79. The van der Waals surface area contributed by atoms with Gasteiger partial charge in [0.1, 0.15) is 5.82 Å². The van der Waals surface area contributed by atoms with Crippen molar-refractivity contribution in [2.24, 2.45) is 0 Å². The van der Waals surface area contributed by atoms with Crippen molar-refractivity contribution in [1.82, 2.24) is 4.98 Å². The summed E-state index contributed by atoms with van der Waals surface area (Å²) in [7, 11) is 0. The summed E-state index contributed by atoms with van der Waals surface area (Å²) in [5.74, 6) is -0.963. The lowest BCUT2D eigenvalue weighted by atomic mass is 10.2. The fourth-order valence-electron chi connectivity index (χ4n) is 1.36. The molecule has 0 aliphatic rings. The van der Waals surface area contributed by atoms with Gasteiger partial charge in [0.15, 0.2) is 0 Å². The van der Waals surface area contributed by atoms with Gasteiger partial charge in [-0.1, -0.05) is 6.07 Å². The van der Waals surface area contributed by atoms with Crippen molar-refractivity contribution in [1.29, 1.82) is 0 Å². The van der Waals surface area contributed by atoms with Crippen LogP contribution in [0, 0.1) is 18.7 Å². The second kappa shape index (κ2) is 4.26. The average molecular weight is 220 g/mol. The van der Waals surface area contributed by atoms with Crippen LogP contribution < -0.4 is 5.32 Å². The van der Waals surface area contributed by atoms with Crippen LogP contribution in [-0.2, 0) is 0 Å². The van der Waals surface area contributed by atoms with E-state index >= 15 is 0 Å². The van der Waals surface area contributed by atoms with Crippen LogP contribution in [0.25, 0.3) is 0 Å². The number of aromatic nitrogens is 1. The van der Waals surface area contributed by atoms with Crippen LogP contribution in [0.3, 0.4) is 0 Å². The van der Waals surface area contributed by atoms with Gasteiger partial charge in [0.05, 0.1) is 5.69 Å². The zero-order valence-corrected chi connectivity index (χ0v) is 8.67. The fourth-order valence-corrected chi connectivity index (χ4v) is 1.36. The number of nitrogens with zero attached hydrogens (tertiary/aromatic N) is 1. The Morgan fingerprint density at radius 1 is 1.12 bits per heavy atom. The first-order valence-corrected chi connectivity index (χ1v) is 4.80. The van der Waals surface area contributed by atoms with Crippen molar-refractivity contribution in [2.75, 3.05) is 5.32 Å². The molecule has 82 valence electrons. The third-order valence-corrected chi connectivity index (χ3v) is 2.13. The lowest BCUT2D eigenvalue weighted by Gasteiger charge is -2.07. The second-order valence-electron chi connectivity index (χ2n) is 3.48. The molecule has 0 aliphatic heterocycles. The van der Waals surface area contributed by atoms with Crippen molar-refractivity contribution in [2.45, 2.75) is 6.92 Å². The molecule has 1 heterocycles. The maximum Gasteiger partial charge on any atom is 0.214 e. The molecule has 1 N–H and O–H groups in total. The molecule has 0 aliphatic carbocycles. The number of hydrogen-bond acceptors (Lipinski definition) is 2. The number of pyridine rings is 1. The van der Waals surface area contributed by atoms with E-state index in [1.807, 2.05) is 0 Å². The Labute approximate surface area is 92.0 Å². The lowest BCUT2D eigenvalue weighted by Crippen LogP contribution is -1.95.